The van der Waals surface area contributed by atoms with Crippen LogP contribution in [0.4, 0.5) is 0 Å². The molecule has 3 nitrogen and oxygen atoms in total. The number of aromatic nitrogens is 2. The fraction of sp³-hybridized carbons (Fsp3) is 0.385. The first kappa shape index (κ1) is 12.0. The van der Waals surface area contributed by atoms with Gasteiger partial charge < -0.3 is 0 Å². The van der Waals surface area contributed by atoms with Crippen LogP contribution in [0.15, 0.2) is 29.1 Å². The van der Waals surface area contributed by atoms with Crippen LogP contribution < -0.4 is 0 Å². The van der Waals surface area contributed by atoms with Crippen molar-refractivity contribution in [2.45, 2.75) is 32.7 Å². The molecule has 0 bridgehead atoms. The predicted molar refractivity (Wildman–Crippen MR) is 69.6 cm³/mol. The first-order valence-electron chi connectivity index (χ1n) is 5.80. The molecule has 1 atom stereocenters. The van der Waals surface area contributed by atoms with Gasteiger partial charge in [-0.05, 0) is 30.9 Å². The van der Waals surface area contributed by atoms with Crippen LogP contribution in [0.2, 0.25) is 0 Å². The minimum absolute atomic E-state index is 0.139. The van der Waals surface area contributed by atoms with Crippen molar-refractivity contribution in [3.8, 4) is 0 Å². The van der Waals surface area contributed by atoms with Crippen LogP contribution in [-0.2, 0) is 6.42 Å². The number of hydrogen-bond donors (Lipinski definition) is 0. The molecule has 1 unspecified atom stereocenters. The molecule has 2 heterocycles. The third-order valence-corrected chi connectivity index (χ3v) is 3.57. The van der Waals surface area contributed by atoms with Crippen molar-refractivity contribution < 1.29 is 4.79 Å². The summed E-state index contributed by atoms with van der Waals surface area (Å²) in [5.74, 6) is 0.139. The van der Waals surface area contributed by atoms with E-state index in [4.69, 9.17) is 0 Å². The van der Waals surface area contributed by atoms with Gasteiger partial charge in [0.2, 0.25) is 0 Å². The summed E-state index contributed by atoms with van der Waals surface area (Å²) in [6, 6.07) is 4.18. The van der Waals surface area contributed by atoms with Gasteiger partial charge in [0.25, 0.3) is 0 Å². The van der Waals surface area contributed by atoms with Crippen molar-refractivity contribution in [2.75, 3.05) is 0 Å². The summed E-state index contributed by atoms with van der Waals surface area (Å²) in [4.78, 5) is 11.9. The van der Waals surface area contributed by atoms with Crippen LogP contribution in [0.25, 0.3) is 0 Å². The van der Waals surface area contributed by atoms with E-state index in [1.165, 1.54) is 0 Å². The van der Waals surface area contributed by atoms with E-state index in [1.807, 2.05) is 33.8 Å². The van der Waals surface area contributed by atoms with Crippen molar-refractivity contribution in [3.63, 3.8) is 0 Å². The molecule has 2 aromatic heterocycles. The third kappa shape index (κ3) is 2.82. The molecular formula is C13H16N2OS. The van der Waals surface area contributed by atoms with E-state index in [2.05, 4.69) is 18.9 Å². The Labute approximate surface area is 105 Å². The van der Waals surface area contributed by atoms with E-state index in [1.54, 1.807) is 11.3 Å². The molecule has 2 aromatic rings. The number of hydrogen-bond acceptors (Lipinski definition) is 3. The summed E-state index contributed by atoms with van der Waals surface area (Å²) in [6.07, 6.45) is 3.38. The highest BCUT2D eigenvalue weighted by Crippen LogP contribution is 2.12. The molecule has 0 fully saturated rings. The molecule has 4 heteroatoms. The zero-order chi connectivity index (χ0) is 12.3. The summed E-state index contributed by atoms with van der Waals surface area (Å²) in [7, 11) is 0. The number of thiophene rings is 1. The Bertz CT molecular complexity index is 487. The van der Waals surface area contributed by atoms with Gasteiger partial charge >= 0.3 is 0 Å². The minimum atomic E-state index is 0.139. The predicted octanol–water partition coefficient (Wildman–Crippen LogP) is 3.34. The maximum absolute atomic E-state index is 11.9. The van der Waals surface area contributed by atoms with Crippen LogP contribution in [-0.4, -0.2) is 15.6 Å². The number of nitrogens with zero attached hydrogens (tertiary/aromatic N) is 2. The Morgan fingerprint density at radius 3 is 3.00 bits per heavy atom. The summed E-state index contributed by atoms with van der Waals surface area (Å²) < 4.78 is 1.93. The van der Waals surface area contributed by atoms with E-state index >= 15 is 0 Å². The van der Waals surface area contributed by atoms with Gasteiger partial charge in [-0.3, -0.25) is 9.48 Å². The SMILES string of the molecule is CCC(C)n1ccc(CC(=O)c2ccsc2)n1. The molecule has 0 aliphatic carbocycles. The second-order valence-corrected chi connectivity index (χ2v) is 4.94. The standard InChI is InChI=1S/C13H16N2OS/c1-3-10(2)15-6-4-12(14-15)8-13(16)11-5-7-17-9-11/h4-7,9-10H,3,8H2,1-2H3. The summed E-state index contributed by atoms with van der Waals surface area (Å²) in [5, 5.41) is 8.23. The Hall–Kier alpha value is -1.42. The second-order valence-electron chi connectivity index (χ2n) is 4.16. The first-order valence-corrected chi connectivity index (χ1v) is 6.74. The monoisotopic (exact) mass is 248 g/mol. The first-order chi connectivity index (χ1) is 8.20. The van der Waals surface area contributed by atoms with Gasteiger partial charge in [-0.15, -0.1) is 0 Å². The van der Waals surface area contributed by atoms with Crippen LogP contribution in [0.1, 0.15) is 42.4 Å². The van der Waals surface area contributed by atoms with Gasteiger partial charge in [0.05, 0.1) is 12.1 Å². The lowest BCUT2D eigenvalue weighted by atomic mass is 10.1. The van der Waals surface area contributed by atoms with E-state index in [-0.39, 0.29) is 5.78 Å². The van der Waals surface area contributed by atoms with Crippen molar-refractivity contribution in [1.29, 1.82) is 0 Å². The lowest BCUT2D eigenvalue weighted by Crippen LogP contribution is -2.07. The third-order valence-electron chi connectivity index (χ3n) is 2.89. The van der Waals surface area contributed by atoms with Crippen molar-refractivity contribution in [2.24, 2.45) is 0 Å². The molecule has 2 rings (SSSR count). The summed E-state index contributed by atoms with van der Waals surface area (Å²) in [5.41, 5.74) is 1.63. The second kappa shape index (κ2) is 5.27. The largest absolute Gasteiger partial charge is 0.294 e. The lowest BCUT2D eigenvalue weighted by Gasteiger charge is -2.07. The summed E-state index contributed by atoms with van der Waals surface area (Å²) in [6.45, 7) is 4.25. The van der Waals surface area contributed by atoms with Crippen LogP contribution in [0.5, 0.6) is 0 Å². The number of rotatable bonds is 5. The van der Waals surface area contributed by atoms with Crippen molar-refractivity contribution >= 4 is 17.1 Å². The number of Topliss-reactive ketones (excluding diaryl/α,β-unsaturated/α-hetero) is 1. The fourth-order valence-corrected chi connectivity index (χ4v) is 2.25. The van der Waals surface area contributed by atoms with Gasteiger partial charge in [0, 0.05) is 23.2 Å². The Kier molecular flexibility index (Phi) is 3.74. The minimum Gasteiger partial charge on any atom is -0.294 e. The van der Waals surface area contributed by atoms with Gasteiger partial charge in [-0.1, -0.05) is 6.92 Å². The van der Waals surface area contributed by atoms with E-state index in [0.29, 0.717) is 12.5 Å². The molecule has 0 aliphatic rings. The van der Waals surface area contributed by atoms with E-state index < -0.39 is 0 Å². The van der Waals surface area contributed by atoms with Crippen LogP contribution >= 0.6 is 11.3 Å². The average Bonchev–Trinajstić information content (AvgIpc) is 2.98. The van der Waals surface area contributed by atoms with Crippen LogP contribution in [0.3, 0.4) is 0 Å². The molecule has 0 radical (unpaired) electrons. The quantitative estimate of drug-likeness (QED) is 0.761. The lowest BCUT2D eigenvalue weighted by molar-refractivity contribution is 0.0992. The van der Waals surface area contributed by atoms with Gasteiger partial charge in [0.1, 0.15) is 0 Å². The Balaban J connectivity index is 2.04. The van der Waals surface area contributed by atoms with E-state index in [0.717, 1.165) is 17.7 Å². The molecule has 90 valence electrons. The average molecular weight is 248 g/mol. The molecule has 0 amide bonds. The molecule has 0 N–H and O–H groups in total. The van der Waals surface area contributed by atoms with Gasteiger partial charge in [0.15, 0.2) is 5.78 Å². The van der Waals surface area contributed by atoms with Crippen molar-refractivity contribution in [3.05, 3.63) is 40.3 Å². The highest BCUT2D eigenvalue weighted by atomic mass is 32.1. The topological polar surface area (TPSA) is 34.9 Å². The molecule has 0 aromatic carbocycles. The Morgan fingerprint density at radius 2 is 2.35 bits per heavy atom. The van der Waals surface area contributed by atoms with Crippen molar-refractivity contribution in [1.82, 2.24) is 9.78 Å². The molecule has 0 spiro atoms. The zero-order valence-electron chi connectivity index (χ0n) is 10.1. The van der Waals surface area contributed by atoms with Crippen LogP contribution in [0, 0.1) is 0 Å². The number of ketones is 1. The molecule has 0 aliphatic heterocycles. The maximum Gasteiger partial charge on any atom is 0.169 e. The normalized spacial score (nSPS) is 12.6. The molecule has 0 saturated carbocycles. The highest BCUT2D eigenvalue weighted by molar-refractivity contribution is 7.08. The smallest absolute Gasteiger partial charge is 0.169 e. The van der Waals surface area contributed by atoms with E-state index in [9.17, 15) is 4.79 Å². The fourth-order valence-electron chi connectivity index (χ4n) is 1.59. The zero-order valence-corrected chi connectivity index (χ0v) is 10.9. The maximum atomic E-state index is 11.9. The number of carbonyl (C=O) groups is 1. The highest BCUT2D eigenvalue weighted by Gasteiger charge is 2.10. The molecular weight excluding hydrogens is 232 g/mol. The summed E-state index contributed by atoms with van der Waals surface area (Å²) >= 11 is 1.55. The Morgan fingerprint density at radius 1 is 1.53 bits per heavy atom. The van der Waals surface area contributed by atoms with Gasteiger partial charge in [-0.25, -0.2) is 0 Å². The van der Waals surface area contributed by atoms with Gasteiger partial charge in [-0.2, -0.15) is 16.4 Å². The molecule has 17 heavy (non-hydrogen) atoms. The number of carbonyl (C=O) groups excluding carboxylic acids is 1. The molecule has 0 saturated heterocycles.